The second-order valence-electron chi connectivity index (χ2n) is 2.23. The van der Waals surface area contributed by atoms with Crippen molar-refractivity contribution < 1.29 is 19.4 Å². The molecule has 0 fully saturated rings. The minimum atomic E-state index is -0.822. The Labute approximate surface area is 84.4 Å². The molecular formula is C7H11IO4. The van der Waals surface area contributed by atoms with Crippen molar-refractivity contribution in [2.75, 3.05) is 4.61 Å². The van der Waals surface area contributed by atoms with E-state index in [-0.39, 0.29) is 12.4 Å². The van der Waals surface area contributed by atoms with Crippen molar-refractivity contribution >= 4 is 34.5 Å². The second kappa shape index (κ2) is 7.33. The third kappa shape index (κ3) is 7.77. The van der Waals surface area contributed by atoms with Gasteiger partial charge in [0.1, 0.15) is 4.61 Å². The van der Waals surface area contributed by atoms with E-state index < -0.39 is 5.97 Å². The summed E-state index contributed by atoms with van der Waals surface area (Å²) in [4.78, 5) is 20.8. The number of carboxylic acid groups (broad SMARTS) is 1. The maximum absolute atomic E-state index is 10.7. The highest BCUT2D eigenvalue weighted by atomic mass is 127. The summed E-state index contributed by atoms with van der Waals surface area (Å²) in [7, 11) is 0. The first-order valence-corrected chi connectivity index (χ1v) is 5.12. The number of carboxylic acids is 1. The van der Waals surface area contributed by atoms with Crippen LogP contribution in [0.15, 0.2) is 0 Å². The van der Waals surface area contributed by atoms with Gasteiger partial charge < -0.3 is 9.84 Å². The van der Waals surface area contributed by atoms with Crippen LogP contribution in [0.2, 0.25) is 0 Å². The summed E-state index contributed by atoms with van der Waals surface area (Å²) in [6.07, 6.45) is 1.56. The van der Waals surface area contributed by atoms with E-state index in [2.05, 4.69) is 4.74 Å². The standard InChI is InChI=1S/C7H11IO4/c8-5-12-7(11)4-2-1-3-6(9)10/h1-5H2,(H,9,10). The van der Waals surface area contributed by atoms with Gasteiger partial charge in [-0.15, -0.1) is 0 Å². The molecule has 0 saturated heterocycles. The summed E-state index contributed by atoms with van der Waals surface area (Å²) in [5.41, 5.74) is 0. The molecule has 0 aromatic rings. The largest absolute Gasteiger partial charge is 0.481 e. The van der Waals surface area contributed by atoms with E-state index in [1.807, 2.05) is 22.6 Å². The van der Waals surface area contributed by atoms with Gasteiger partial charge in [0.05, 0.1) is 0 Å². The second-order valence-corrected chi connectivity index (χ2v) is 2.85. The first kappa shape index (κ1) is 11.7. The van der Waals surface area contributed by atoms with Crippen LogP contribution in [0.5, 0.6) is 0 Å². The Morgan fingerprint density at radius 3 is 2.33 bits per heavy atom. The zero-order valence-corrected chi connectivity index (χ0v) is 8.74. The molecule has 0 bridgehead atoms. The zero-order chi connectivity index (χ0) is 9.40. The Morgan fingerprint density at radius 2 is 1.83 bits per heavy atom. The van der Waals surface area contributed by atoms with E-state index >= 15 is 0 Å². The first-order chi connectivity index (χ1) is 5.66. The highest BCUT2D eigenvalue weighted by Gasteiger charge is 2.02. The van der Waals surface area contributed by atoms with Gasteiger partial charge in [-0.25, -0.2) is 0 Å². The molecule has 0 aliphatic carbocycles. The van der Waals surface area contributed by atoms with Gasteiger partial charge in [-0.05, 0) is 35.4 Å². The molecule has 0 atom stereocenters. The van der Waals surface area contributed by atoms with Gasteiger partial charge in [-0.3, -0.25) is 9.59 Å². The fraction of sp³-hybridized carbons (Fsp3) is 0.714. The molecular weight excluding hydrogens is 275 g/mol. The number of halogens is 1. The van der Waals surface area contributed by atoms with Crippen LogP contribution in [0.4, 0.5) is 0 Å². The zero-order valence-electron chi connectivity index (χ0n) is 6.59. The first-order valence-electron chi connectivity index (χ1n) is 3.60. The minimum Gasteiger partial charge on any atom is -0.481 e. The highest BCUT2D eigenvalue weighted by Crippen LogP contribution is 2.01. The average molecular weight is 286 g/mol. The van der Waals surface area contributed by atoms with Crippen LogP contribution in [0.1, 0.15) is 25.7 Å². The molecule has 0 heterocycles. The van der Waals surface area contributed by atoms with Crippen molar-refractivity contribution in [3.05, 3.63) is 0 Å². The number of hydrogen-bond donors (Lipinski definition) is 1. The minimum absolute atomic E-state index is 0.123. The van der Waals surface area contributed by atoms with E-state index in [1.165, 1.54) is 0 Å². The number of carbonyl (C=O) groups excluding carboxylic acids is 1. The summed E-state index contributed by atoms with van der Waals surface area (Å²) in [5.74, 6) is -1.08. The Hall–Kier alpha value is -0.330. The predicted molar refractivity (Wildman–Crippen MR) is 51.1 cm³/mol. The lowest BCUT2D eigenvalue weighted by molar-refractivity contribution is -0.142. The van der Waals surface area contributed by atoms with E-state index in [0.29, 0.717) is 23.9 Å². The molecule has 12 heavy (non-hydrogen) atoms. The average Bonchev–Trinajstić information content (AvgIpc) is 1.98. The molecule has 0 unspecified atom stereocenters. The highest BCUT2D eigenvalue weighted by molar-refractivity contribution is 14.1. The van der Waals surface area contributed by atoms with Crippen molar-refractivity contribution in [3.63, 3.8) is 0 Å². The number of rotatable bonds is 6. The van der Waals surface area contributed by atoms with E-state index in [1.54, 1.807) is 0 Å². The fourth-order valence-corrected chi connectivity index (χ4v) is 1.03. The number of esters is 1. The third-order valence-corrected chi connectivity index (χ3v) is 1.55. The van der Waals surface area contributed by atoms with Gasteiger partial charge in [0, 0.05) is 12.8 Å². The van der Waals surface area contributed by atoms with Crippen molar-refractivity contribution in [2.24, 2.45) is 0 Å². The van der Waals surface area contributed by atoms with Crippen LogP contribution in [-0.2, 0) is 14.3 Å². The van der Waals surface area contributed by atoms with Crippen LogP contribution < -0.4 is 0 Å². The third-order valence-electron chi connectivity index (χ3n) is 1.24. The molecule has 5 heteroatoms. The Kier molecular flexibility index (Phi) is 7.12. The molecule has 0 radical (unpaired) electrons. The molecule has 0 saturated carbocycles. The summed E-state index contributed by atoms with van der Waals surface area (Å²) in [5, 5.41) is 8.26. The number of alkyl halides is 1. The van der Waals surface area contributed by atoms with Crippen LogP contribution in [0, 0.1) is 0 Å². The molecule has 0 aliphatic heterocycles. The lowest BCUT2D eigenvalue weighted by Crippen LogP contribution is -2.02. The summed E-state index contributed by atoms with van der Waals surface area (Å²) in [6.45, 7) is 0. The van der Waals surface area contributed by atoms with Crippen LogP contribution in [-0.4, -0.2) is 21.7 Å². The smallest absolute Gasteiger partial charge is 0.306 e. The number of aliphatic carboxylic acids is 1. The number of unbranched alkanes of at least 4 members (excludes halogenated alkanes) is 1. The van der Waals surface area contributed by atoms with E-state index in [9.17, 15) is 9.59 Å². The molecule has 0 aromatic carbocycles. The maximum atomic E-state index is 10.7. The molecule has 0 spiro atoms. The van der Waals surface area contributed by atoms with Gasteiger partial charge in [-0.1, -0.05) is 0 Å². The van der Waals surface area contributed by atoms with Gasteiger partial charge in [-0.2, -0.15) is 0 Å². The topological polar surface area (TPSA) is 63.6 Å². The monoisotopic (exact) mass is 286 g/mol. The van der Waals surface area contributed by atoms with E-state index in [0.717, 1.165) is 0 Å². The summed E-state index contributed by atoms with van der Waals surface area (Å²) < 4.78 is 5.01. The molecule has 0 amide bonds. The van der Waals surface area contributed by atoms with Gasteiger partial charge in [0.2, 0.25) is 0 Å². The van der Waals surface area contributed by atoms with Crippen LogP contribution in [0.25, 0.3) is 0 Å². The molecule has 1 N–H and O–H groups in total. The van der Waals surface area contributed by atoms with Crippen molar-refractivity contribution in [1.29, 1.82) is 0 Å². The molecule has 0 rings (SSSR count). The molecule has 0 aliphatic rings. The van der Waals surface area contributed by atoms with Crippen molar-refractivity contribution in [2.45, 2.75) is 25.7 Å². The fourth-order valence-electron chi connectivity index (χ4n) is 0.679. The van der Waals surface area contributed by atoms with Crippen molar-refractivity contribution in [1.82, 2.24) is 0 Å². The van der Waals surface area contributed by atoms with Gasteiger partial charge in [0.25, 0.3) is 0 Å². The summed E-state index contributed by atoms with van der Waals surface area (Å²) >= 11 is 1.94. The van der Waals surface area contributed by atoms with Crippen LogP contribution >= 0.6 is 22.6 Å². The lowest BCUT2D eigenvalue weighted by Gasteiger charge is -1.98. The molecule has 70 valence electrons. The van der Waals surface area contributed by atoms with Gasteiger partial charge >= 0.3 is 11.9 Å². The quantitative estimate of drug-likeness (QED) is 0.348. The SMILES string of the molecule is O=C(O)CCCCC(=O)OCI. The summed E-state index contributed by atoms with van der Waals surface area (Å²) in [6, 6.07) is 0. The molecule has 0 aromatic heterocycles. The normalized spacial score (nSPS) is 9.42. The number of carbonyl (C=O) groups is 2. The van der Waals surface area contributed by atoms with Crippen LogP contribution in [0.3, 0.4) is 0 Å². The van der Waals surface area contributed by atoms with E-state index in [4.69, 9.17) is 5.11 Å². The number of hydrogen-bond acceptors (Lipinski definition) is 3. The maximum Gasteiger partial charge on any atom is 0.306 e. The Bertz CT molecular complexity index is 157. The molecule has 4 nitrogen and oxygen atoms in total. The van der Waals surface area contributed by atoms with Gasteiger partial charge in [0.15, 0.2) is 0 Å². The Morgan fingerprint density at radius 1 is 1.25 bits per heavy atom. The number of ether oxygens (including phenoxy) is 1. The Balaban J connectivity index is 3.19. The lowest BCUT2D eigenvalue weighted by atomic mass is 10.2. The van der Waals surface area contributed by atoms with Crippen molar-refractivity contribution in [3.8, 4) is 0 Å². The predicted octanol–water partition coefficient (Wildman–Crippen LogP) is 1.57.